The van der Waals surface area contributed by atoms with E-state index in [1.807, 2.05) is 38.1 Å². The second kappa shape index (κ2) is 6.48. The number of carbonyl (C=O) groups excluding carboxylic acids is 1. The maximum Gasteiger partial charge on any atom is 0.256 e. The van der Waals surface area contributed by atoms with Crippen LogP contribution in [0.1, 0.15) is 40.0 Å². The van der Waals surface area contributed by atoms with Gasteiger partial charge in [-0.2, -0.15) is 0 Å². The molecule has 1 aliphatic carbocycles. The van der Waals surface area contributed by atoms with Gasteiger partial charge in [-0.05, 0) is 63.3 Å². The van der Waals surface area contributed by atoms with E-state index in [0.29, 0.717) is 5.92 Å². The van der Waals surface area contributed by atoms with E-state index < -0.39 is 5.60 Å². The maximum atomic E-state index is 12.4. The van der Waals surface area contributed by atoms with Crippen molar-refractivity contribution in [3.63, 3.8) is 0 Å². The summed E-state index contributed by atoms with van der Waals surface area (Å²) in [5.74, 6) is 1.07. The molecule has 1 fully saturated rings. The van der Waals surface area contributed by atoms with E-state index in [-0.39, 0.29) is 12.0 Å². The van der Waals surface area contributed by atoms with E-state index in [2.05, 4.69) is 12.2 Å². The Morgan fingerprint density at radius 1 is 1.38 bits per heavy atom. The van der Waals surface area contributed by atoms with Crippen LogP contribution in [0.4, 0.5) is 5.69 Å². The first-order chi connectivity index (χ1) is 9.99. The summed E-state index contributed by atoms with van der Waals surface area (Å²) >= 11 is 0. The molecular formula is C17H25NO3. The molecule has 1 aliphatic rings. The third-order valence-corrected chi connectivity index (χ3v) is 4.26. The molecule has 0 aliphatic heterocycles. The van der Waals surface area contributed by atoms with Crippen LogP contribution in [0.25, 0.3) is 0 Å². The molecule has 2 atom stereocenters. The second-order valence-electron chi connectivity index (χ2n) is 5.90. The molecule has 1 aromatic rings. The molecule has 0 bridgehead atoms. The zero-order chi connectivity index (χ0) is 15.5. The lowest BCUT2D eigenvalue weighted by Gasteiger charge is -2.26. The average Bonchev–Trinajstić information content (AvgIpc) is 3.33. The number of methoxy groups -OCH3 is 1. The number of benzene rings is 1. The van der Waals surface area contributed by atoms with Crippen molar-refractivity contribution in [3.05, 3.63) is 24.3 Å². The van der Waals surface area contributed by atoms with Crippen molar-refractivity contribution in [2.45, 2.75) is 51.7 Å². The minimum atomic E-state index is -0.730. The number of ether oxygens (including phenoxy) is 2. The highest BCUT2D eigenvalue weighted by Crippen LogP contribution is 2.42. The highest BCUT2D eigenvalue weighted by atomic mass is 16.5. The normalized spacial score (nSPS) is 18.7. The Balaban J connectivity index is 1.98. The van der Waals surface area contributed by atoms with Crippen LogP contribution in [0.3, 0.4) is 0 Å². The van der Waals surface area contributed by atoms with Gasteiger partial charge in [0.2, 0.25) is 0 Å². The van der Waals surface area contributed by atoms with E-state index in [9.17, 15) is 4.79 Å². The summed E-state index contributed by atoms with van der Waals surface area (Å²) in [5, 5.41) is 2.93. The molecule has 2 rings (SSSR count). The first kappa shape index (κ1) is 15.8. The summed E-state index contributed by atoms with van der Waals surface area (Å²) in [6.45, 7) is 5.98. The van der Waals surface area contributed by atoms with Crippen LogP contribution in [0.15, 0.2) is 24.3 Å². The van der Waals surface area contributed by atoms with Crippen LogP contribution in [0.2, 0.25) is 0 Å². The molecule has 4 heteroatoms. The number of hydrogen-bond donors (Lipinski definition) is 1. The molecule has 4 nitrogen and oxygen atoms in total. The summed E-state index contributed by atoms with van der Waals surface area (Å²) < 4.78 is 11.2. The molecule has 0 unspecified atom stereocenters. The smallest absolute Gasteiger partial charge is 0.256 e. The van der Waals surface area contributed by atoms with E-state index in [1.165, 1.54) is 0 Å². The van der Waals surface area contributed by atoms with Crippen LogP contribution in [-0.4, -0.2) is 24.7 Å². The molecule has 0 saturated heterocycles. The number of amides is 1. The summed E-state index contributed by atoms with van der Waals surface area (Å²) in [7, 11) is 1.60. The highest BCUT2D eigenvalue weighted by molar-refractivity contribution is 5.97. The van der Waals surface area contributed by atoms with Crippen molar-refractivity contribution in [2.24, 2.45) is 5.92 Å². The molecule has 0 heterocycles. The lowest BCUT2D eigenvalue weighted by molar-refractivity contribution is -0.138. The van der Waals surface area contributed by atoms with Gasteiger partial charge in [0.05, 0.1) is 6.10 Å². The fourth-order valence-electron chi connectivity index (χ4n) is 2.27. The van der Waals surface area contributed by atoms with Crippen molar-refractivity contribution in [3.8, 4) is 5.75 Å². The van der Waals surface area contributed by atoms with Crippen molar-refractivity contribution < 1.29 is 14.3 Å². The molecule has 1 aromatic carbocycles. The topological polar surface area (TPSA) is 47.6 Å². The summed E-state index contributed by atoms with van der Waals surface area (Å²) in [4.78, 5) is 12.4. The van der Waals surface area contributed by atoms with Gasteiger partial charge in [-0.3, -0.25) is 4.79 Å². The average molecular weight is 291 g/mol. The molecule has 0 spiro atoms. The van der Waals surface area contributed by atoms with Crippen LogP contribution in [-0.2, 0) is 9.53 Å². The Morgan fingerprint density at radius 3 is 2.48 bits per heavy atom. The van der Waals surface area contributed by atoms with E-state index in [0.717, 1.165) is 30.7 Å². The number of carbonyl (C=O) groups is 1. The summed E-state index contributed by atoms with van der Waals surface area (Å²) in [6, 6.07) is 7.48. The van der Waals surface area contributed by atoms with Gasteiger partial charge in [0.25, 0.3) is 5.91 Å². The number of rotatable bonds is 7. The Morgan fingerprint density at radius 2 is 2.00 bits per heavy atom. The number of hydrogen-bond acceptors (Lipinski definition) is 3. The monoisotopic (exact) mass is 291 g/mol. The zero-order valence-electron chi connectivity index (χ0n) is 13.3. The van der Waals surface area contributed by atoms with Crippen LogP contribution in [0.5, 0.6) is 5.75 Å². The zero-order valence-corrected chi connectivity index (χ0v) is 13.3. The SMILES string of the molecule is CC[C@@H](C)Oc1ccc(NC(=O)[C@@](C)(OC)C2CC2)cc1. The largest absolute Gasteiger partial charge is 0.491 e. The van der Waals surface area contributed by atoms with Crippen molar-refractivity contribution >= 4 is 11.6 Å². The molecule has 1 N–H and O–H groups in total. The third-order valence-electron chi connectivity index (χ3n) is 4.26. The van der Waals surface area contributed by atoms with Gasteiger partial charge in [-0.15, -0.1) is 0 Å². The lowest BCUT2D eigenvalue weighted by Crippen LogP contribution is -2.44. The quantitative estimate of drug-likeness (QED) is 0.834. The number of anilines is 1. The Labute approximate surface area is 126 Å². The van der Waals surface area contributed by atoms with Crippen molar-refractivity contribution in [2.75, 3.05) is 12.4 Å². The molecule has 0 radical (unpaired) electrons. The molecule has 116 valence electrons. The number of nitrogens with one attached hydrogen (secondary N) is 1. The highest BCUT2D eigenvalue weighted by Gasteiger charge is 2.47. The molecular weight excluding hydrogens is 266 g/mol. The predicted octanol–water partition coefficient (Wildman–Crippen LogP) is 3.62. The third kappa shape index (κ3) is 3.76. The first-order valence-electron chi connectivity index (χ1n) is 7.63. The molecule has 21 heavy (non-hydrogen) atoms. The van der Waals surface area contributed by atoms with Crippen molar-refractivity contribution in [1.29, 1.82) is 0 Å². The fraction of sp³-hybridized carbons (Fsp3) is 0.588. The van der Waals surface area contributed by atoms with Gasteiger partial charge in [0, 0.05) is 12.8 Å². The minimum absolute atomic E-state index is 0.0805. The molecule has 1 amide bonds. The van der Waals surface area contributed by atoms with Gasteiger partial charge in [0.15, 0.2) is 0 Å². The van der Waals surface area contributed by atoms with Gasteiger partial charge in [0.1, 0.15) is 11.4 Å². The van der Waals surface area contributed by atoms with E-state index in [1.54, 1.807) is 7.11 Å². The Bertz CT molecular complexity index is 481. The first-order valence-corrected chi connectivity index (χ1v) is 7.63. The maximum absolute atomic E-state index is 12.4. The van der Waals surface area contributed by atoms with Crippen LogP contribution >= 0.6 is 0 Å². The lowest BCUT2D eigenvalue weighted by atomic mass is 9.99. The molecule has 1 saturated carbocycles. The van der Waals surface area contributed by atoms with E-state index in [4.69, 9.17) is 9.47 Å². The van der Waals surface area contributed by atoms with Crippen LogP contribution in [0, 0.1) is 5.92 Å². The van der Waals surface area contributed by atoms with Crippen molar-refractivity contribution in [1.82, 2.24) is 0 Å². The summed E-state index contributed by atoms with van der Waals surface area (Å²) in [5.41, 5.74) is 0.0340. The van der Waals surface area contributed by atoms with Gasteiger partial charge >= 0.3 is 0 Å². The van der Waals surface area contributed by atoms with Gasteiger partial charge in [-0.25, -0.2) is 0 Å². The second-order valence-corrected chi connectivity index (χ2v) is 5.90. The minimum Gasteiger partial charge on any atom is -0.491 e. The van der Waals surface area contributed by atoms with Gasteiger partial charge < -0.3 is 14.8 Å². The Kier molecular flexibility index (Phi) is 4.88. The summed E-state index contributed by atoms with van der Waals surface area (Å²) in [6.07, 6.45) is 3.27. The predicted molar refractivity (Wildman–Crippen MR) is 83.6 cm³/mol. The fourth-order valence-corrected chi connectivity index (χ4v) is 2.27. The van der Waals surface area contributed by atoms with E-state index >= 15 is 0 Å². The standard InChI is InChI=1S/C17H25NO3/c1-5-12(2)21-15-10-8-14(9-11-15)18-16(19)17(3,20-4)13-6-7-13/h8-13H,5-7H2,1-4H3,(H,18,19)/t12-,17+/m1/s1. The Hall–Kier alpha value is -1.55. The van der Waals surface area contributed by atoms with Gasteiger partial charge in [-0.1, -0.05) is 6.92 Å². The van der Waals surface area contributed by atoms with Crippen LogP contribution < -0.4 is 10.1 Å². The molecule has 0 aromatic heterocycles.